The molecule has 0 aromatic heterocycles. The molecule has 0 bridgehead atoms. The first-order valence-electron chi connectivity index (χ1n) is 6.53. The van der Waals surface area contributed by atoms with Crippen molar-refractivity contribution in [1.82, 2.24) is 5.06 Å². The molecule has 1 rings (SSSR count). The average molecular weight is 374 g/mol. The topological polar surface area (TPSA) is 109 Å². The van der Waals surface area contributed by atoms with Gasteiger partial charge in [-0.3, -0.25) is 5.21 Å². The van der Waals surface area contributed by atoms with Crippen LogP contribution in [-0.4, -0.2) is 22.0 Å². The van der Waals surface area contributed by atoms with Crippen LogP contribution in [0.4, 0.5) is 4.79 Å². The number of rotatable bonds is 2. The normalized spacial score (nSPS) is 11.4. The van der Waals surface area contributed by atoms with Crippen LogP contribution in [-0.2, 0) is 36.1 Å². The van der Waals surface area contributed by atoms with E-state index in [0.717, 1.165) is 0 Å². The second kappa shape index (κ2) is 17.6. The predicted molar refractivity (Wildman–Crippen MR) is 76.5 cm³/mol. The fourth-order valence-electron chi connectivity index (χ4n) is 1.24. The Kier molecular flexibility index (Phi) is 19.8. The van der Waals surface area contributed by atoms with Crippen LogP contribution in [0.5, 0.6) is 0 Å². The molecule has 1 amide bonds. The first kappa shape index (κ1) is 27.1. The molecule has 1 aromatic rings. The summed E-state index contributed by atoms with van der Waals surface area (Å²) in [4.78, 5) is 11.7. The Hall–Kier alpha value is -1.80. The van der Waals surface area contributed by atoms with Crippen molar-refractivity contribution in [2.75, 3.05) is 0 Å². The molecule has 1 aromatic carbocycles. The monoisotopic (exact) mass is 374 g/mol. The van der Waals surface area contributed by atoms with Gasteiger partial charge in [-0.1, -0.05) is 30.3 Å². The van der Waals surface area contributed by atoms with E-state index in [1.807, 2.05) is 0 Å². The molecule has 0 unspecified atom stereocenters. The summed E-state index contributed by atoms with van der Waals surface area (Å²) in [6.45, 7) is 20.0. The van der Waals surface area contributed by atoms with Gasteiger partial charge >= 0.3 is 40.0 Å². The molecule has 24 heavy (non-hydrogen) atoms. The third-order valence-corrected chi connectivity index (χ3v) is 2.08. The predicted octanol–water partition coefficient (Wildman–Crippen LogP) is 3.26. The summed E-state index contributed by atoms with van der Waals surface area (Å²) < 4.78 is 35.6. The second-order valence-corrected chi connectivity index (χ2v) is 4.74. The Labute approximate surface area is 154 Å². The van der Waals surface area contributed by atoms with Crippen molar-refractivity contribution in [3.8, 4) is 0 Å². The van der Waals surface area contributed by atoms with Crippen molar-refractivity contribution < 1.29 is 47.4 Å². The molecular weight excluding hydrogens is 354 g/mol. The van der Waals surface area contributed by atoms with Gasteiger partial charge < -0.3 is 4.74 Å². The first-order valence-corrected chi connectivity index (χ1v) is 6.03. The van der Waals surface area contributed by atoms with E-state index in [1.165, 1.54) is 6.92 Å². The van der Waals surface area contributed by atoms with Gasteiger partial charge in [0.2, 0.25) is 0 Å². The van der Waals surface area contributed by atoms with Gasteiger partial charge in [0, 0.05) is 17.4 Å². The number of hydroxylamine groups is 2. The van der Waals surface area contributed by atoms with Crippen LogP contribution in [0.15, 0.2) is 30.3 Å². The minimum absolute atomic E-state index is 0. The molecule has 0 heterocycles. The van der Waals surface area contributed by atoms with Gasteiger partial charge in [-0.25, -0.2) is 4.79 Å². The van der Waals surface area contributed by atoms with E-state index in [-0.39, 0.29) is 17.4 Å². The summed E-state index contributed by atoms with van der Waals surface area (Å²) >= 11 is 0. The molecule has 0 radical (unpaired) electrons. The minimum Gasteiger partial charge on any atom is 0 e. The summed E-state index contributed by atoms with van der Waals surface area (Å²) in [5, 5.41) is 10.1. The summed E-state index contributed by atoms with van der Waals surface area (Å²) in [6, 6.07) is 7.02. The van der Waals surface area contributed by atoms with E-state index in [2.05, 4.69) is 20.0 Å². The Morgan fingerprint density at radius 2 is 1.54 bits per heavy atom. The van der Waals surface area contributed by atoms with Crippen molar-refractivity contribution in [1.29, 1.82) is 0 Å². The maximum atomic E-state index is 11.7. The molecule has 1 N–H and O–H groups in total. The Morgan fingerprint density at radius 1 is 1.17 bits per heavy atom. The van der Waals surface area contributed by atoms with Gasteiger partial charge in [-0.15, -0.1) is 0 Å². The van der Waals surface area contributed by atoms with Crippen LogP contribution in [0.1, 0.15) is 40.6 Å². The molecule has 0 saturated carbocycles. The number of carbonyl (C=O) groups excluding carboxylic acids is 1. The van der Waals surface area contributed by atoms with E-state index < -0.39 is 17.7 Å². The smallest absolute Gasteiger partial charge is 0 e. The molecule has 130 valence electrons. The van der Waals surface area contributed by atoms with Crippen molar-refractivity contribution in [2.45, 2.75) is 39.3 Å². The molecular formula is C16H19CrNO6. The summed E-state index contributed by atoms with van der Waals surface area (Å²) in [6.07, 6.45) is -0.941. The number of hydrogen-bond donors (Lipinski definition) is 1. The molecule has 0 aliphatic rings. The van der Waals surface area contributed by atoms with E-state index in [1.54, 1.807) is 51.1 Å². The first-order chi connectivity index (χ1) is 11.1. The van der Waals surface area contributed by atoms with E-state index in [4.69, 9.17) is 20.1 Å². The van der Waals surface area contributed by atoms with Crippen LogP contribution >= 0.6 is 0 Å². The molecule has 1 atom stereocenters. The van der Waals surface area contributed by atoms with Crippen LogP contribution < -0.4 is 0 Å². The fraction of sp³-hybridized carbons (Fsp3) is 0.375. The van der Waals surface area contributed by atoms with E-state index in [9.17, 15) is 10.0 Å². The van der Waals surface area contributed by atoms with Crippen LogP contribution in [0, 0.1) is 20.0 Å². The maximum Gasteiger partial charge on any atom is 0 e. The standard InChI is InChI=1S/C13H19NO3.3CO.Cr/c1-10(11-8-6-5-7-9-11)14(16)12(15)17-13(2,3)4;3*1-2;/h5-10,16H,1-4H3;;;;/t10-;;;;/m1..../s1/i10D;;;;. The SMILES string of the molecule is [2H][C@@](C)(c1ccccc1)N(O)C(=O)OC(C)(C)C.[C-]#[O+].[C-]#[O+].[C-]#[O+].[Cr]. The van der Waals surface area contributed by atoms with Crippen molar-refractivity contribution in [3.05, 3.63) is 55.8 Å². The maximum absolute atomic E-state index is 11.7. The zero-order valence-electron chi connectivity index (χ0n) is 14.7. The van der Waals surface area contributed by atoms with Gasteiger partial charge in [0.1, 0.15) is 5.60 Å². The van der Waals surface area contributed by atoms with Crippen molar-refractivity contribution in [2.24, 2.45) is 0 Å². The number of amides is 1. The third kappa shape index (κ3) is 13.8. The Balaban J connectivity index is -0.000000284. The molecule has 0 aliphatic heterocycles. The minimum atomic E-state index is -1.59. The average Bonchev–Trinajstić information content (AvgIpc) is 2.59. The van der Waals surface area contributed by atoms with Gasteiger partial charge in [0.15, 0.2) is 0 Å². The third-order valence-electron chi connectivity index (χ3n) is 2.08. The summed E-state index contributed by atoms with van der Waals surface area (Å²) in [5.74, 6) is 0. The second-order valence-electron chi connectivity index (χ2n) is 4.74. The van der Waals surface area contributed by atoms with Crippen molar-refractivity contribution >= 4 is 6.09 Å². The molecule has 0 saturated heterocycles. The number of ether oxygens (including phenoxy) is 1. The summed E-state index contributed by atoms with van der Waals surface area (Å²) in [5.41, 5.74) is -0.219. The van der Waals surface area contributed by atoms with E-state index >= 15 is 0 Å². The number of carbonyl (C=O) groups is 1. The Bertz CT molecular complexity index is 523. The van der Waals surface area contributed by atoms with Crippen LogP contribution in [0.25, 0.3) is 0 Å². The molecule has 7 nitrogen and oxygen atoms in total. The van der Waals surface area contributed by atoms with Gasteiger partial charge in [0.05, 0.1) is 7.39 Å². The van der Waals surface area contributed by atoms with E-state index in [0.29, 0.717) is 10.6 Å². The largest absolute Gasteiger partial charge is 0 e. The number of benzene rings is 1. The van der Waals surface area contributed by atoms with Gasteiger partial charge in [-0.05, 0) is 33.3 Å². The van der Waals surface area contributed by atoms with Crippen LogP contribution in [0.3, 0.4) is 0 Å². The number of hydrogen-bond acceptors (Lipinski definition) is 3. The zero-order chi connectivity index (χ0) is 20.0. The molecule has 0 aliphatic carbocycles. The number of nitrogens with zero attached hydrogens (tertiary/aromatic N) is 1. The van der Waals surface area contributed by atoms with Crippen molar-refractivity contribution in [3.63, 3.8) is 0 Å². The summed E-state index contributed by atoms with van der Waals surface area (Å²) in [7, 11) is 0. The molecule has 0 fully saturated rings. The molecule has 0 spiro atoms. The van der Waals surface area contributed by atoms with Gasteiger partial charge in [-0.2, -0.15) is 5.06 Å². The zero-order valence-corrected chi connectivity index (χ0v) is 15.0. The van der Waals surface area contributed by atoms with Gasteiger partial charge in [0.25, 0.3) is 0 Å². The quantitative estimate of drug-likeness (QED) is 0.371. The Morgan fingerprint density at radius 3 is 1.88 bits per heavy atom. The fourth-order valence-corrected chi connectivity index (χ4v) is 1.24. The molecule has 8 heteroatoms. The van der Waals surface area contributed by atoms with Crippen LogP contribution in [0.2, 0.25) is 0 Å².